The Balaban J connectivity index is 1.87. The molecule has 1 aromatic rings. The van der Waals surface area contributed by atoms with Crippen LogP contribution in [0.3, 0.4) is 0 Å². The number of anilines is 1. The fourth-order valence-electron chi connectivity index (χ4n) is 2.60. The average Bonchev–Trinajstić information content (AvgIpc) is 2.35. The van der Waals surface area contributed by atoms with E-state index in [2.05, 4.69) is 74.1 Å². The molecule has 0 bridgehead atoms. The number of likely N-dealkylation sites (tertiary alicyclic amines) is 1. The first-order chi connectivity index (χ1) is 9.04. The van der Waals surface area contributed by atoms with Crippen LogP contribution in [-0.4, -0.2) is 30.6 Å². The minimum absolute atomic E-state index is 0.592. The molecule has 19 heavy (non-hydrogen) atoms. The molecule has 0 spiro atoms. The average molecular weight is 390 g/mol. The molecule has 1 aliphatic heterocycles. The van der Waals surface area contributed by atoms with Crippen LogP contribution < -0.4 is 5.32 Å². The lowest BCUT2D eigenvalue weighted by Gasteiger charge is -2.34. The van der Waals surface area contributed by atoms with Crippen LogP contribution in [0, 0.1) is 5.92 Å². The summed E-state index contributed by atoms with van der Waals surface area (Å²) < 4.78 is 2.26. The molecule has 0 aliphatic carbocycles. The Kier molecular flexibility index (Phi) is 5.72. The van der Waals surface area contributed by atoms with Crippen molar-refractivity contribution in [3.63, 3.8) is 0 Å². The van der Waals surface area contributed by atoms with Gasteiger partial charge >= 0.3 is 0 Å². The smallest absolute Gasteiger partial charge is 0.0498 e. The molecule has 0 unspecified atom stereocenters. The molecule has 1 fully saturated rings. The largest absolute Gasteiger partial charge is 0.381 e. The maximum absolute atomic E-state index is 3.66. The van der Waals surface area contributed by atoms with E-state index in [4.69, 9.17) is 0 Å². The number of nitrogens with one attached hydrogen (secondary N) is 1. The van der Waals surface area contributed by atoms with Gasteiger partial charge in [0.1, 0.15) is 0 Å². The van der Waals surface area contributed by atoms with Crippen molar-refractivity contribution in [3.8, 4) is 0 Å². The molecule has 4 heteroatoms. The number of hydrogen-bond donors (Lipinski definition) is 1. The van der Waals surface area contributed by atoms with Crippen molar-refractivity contribution in [1.29, 1.82) is 0 Å². The fourth-order valence-corrected chi connectivity index (χ4v) is 3.33. The lowest BCUT2D eigenvalue weighted by atomic mass is 10.0. The summed E-state index contributed by atoms with van der Waals surface area (Å²) in [5.74, 6) is 0.767. The van der Waals surface area contributed by atoms with Gasteiger partial charge < -0.3 is 10.2 Å². The highest BCUT2D eigenvalue weighted by molar-refractivity contribution is 9.11. The quantitative estimate of drug-likeness (QED) is 0.799. The van der Waals surface area contributed by atoms with E-state index in [1.165, 1.54) is 38.2 Å². The first kappa shape index (κ1) is 15.3. The zero-order chi connectivity index (χ0) is 13.8. The first-order valence-electron chi connectivity index (χ1n) is 6.98. The highest BCUT2D eigenvalue weighted by atomic mass is 79.9. The molecule has 1 aromatic carbocycles. The van der Waals surface area contributed by atoms with Crippen LogP contribution in [0.25, 0.3) is 0 Å². The van der Waals surface area contributed by atoms with Gasteiger partial charge in [-0.25, -0.2) is 0 Å². The molecule has 2 rings (SSSR count). The third-order valence-corrected chi connectivity index (χ3v) is 4.68. The minimum Gasteiger partial charge on any atom is -0.381 e. The number of nitrogens with zero attached hydrogens (tertiary/aromatic N) is 1. The summed E-state index contributed by atoms with van der Waals surface area (Å²) in [6.07, 6.45) is 2.46. The van der Waals surface area contributed by atoms with Gasteiger partial charge in [0.05, 0.1) is 0 Å². The summed E-state index contributed by atoms with van der Waals surface area (Å²) in [5.41, 5.74) is 1.19. The third-order valence-electron chi connectivity index (χ3n) is 3.50. The molecule has 1 heterocycles. The summed E-state index contributed by atoms with van der Waals surface area (Å²) >= 11 is 7.14. The van der Waals surface area contributed by atoms with Crippen LogP contribution in [0.5, 0.6) is 0 Å². The molecule has 2 nitrogen and oxygen atoms in total. The summed E-state index contributed by atoms with van der Waals surface area (Å²) in [6, 6.07) is 6.87. The van der Waals surface area contributed by atoms with Crippen molar-refractivity contribution in [3.05, 3.63) is 27.1 Å². The van der Waals surface area contributed by atoms with E-state index in [-0.39, 0.29) is 0 Å². The van der Waals surface area contributed by atoms with Crippen LogP contribution in [0.4, 0.5) is 5.69 Å². The molecule has 0 amide bonds. The van der Waals surface area contributed by atoms with Crippen molar-refractivity contribution < 1.29 is 0 Å². The maximum atomic E-state index is 3.66. The van der Waals surface area contributed by atoms with Crippen LogP contribution >= 0.6 is 31.9 Å². The Morgan fingerprint density at radius 2 is 1.95 bits per heavy atom. The van der Waals surface area contributed by atoms with E-state index in [0.717, 1.165) is 14.9 Å². The summed E-state index contributed by atoms with van der Waals surface area (Å²) in [5, 5.41) is 3.66. The van der Waals surface area contributed by atoms with Gasteiger partial charge in [-0.15, -0.1) is 0 Å². The third kappa shape index (κ3) is 4.76. The predicted octanol–water partition coefficient (Wildman–Crippen LogP) is 4.74. The number of hydrogen-bond acceptors (Lipinski definition) is 2. The lowest BCUT2D eigenvalue weighted by Crippen LogP contribution is -2.40. The molecule has 0 atom stereocenters. The number of piperidine rings is 1. The highest BCUT2D eigenvalue weighted by Crippen LogP contribution is 2.28. The molecular weight excluding hydrogens is 368 g/mol. The van der Waals surface area contributed by atoms with Gasteiger partial charge in [-0.3, -0.25) is 0 Å². The second-order valence-corrected chi connectivity index (χ2v) is 7.51. The normalized spacial score (nSPS) is 17.9. The van der Waals surface area contributed by atoms with Crippen LogP contribution in [0.2, 0.25) is 0 Å². The molecule has 106 valence electrons. The molecular formula is C15H22Br2N2. The van der Waals surface area contributed by atoms with E-state index in [1.54, 1.807) is 0 Å². The van der Waals surface area contributed by atoms with Crippen molar-refractivity contribution in [1.82, 2.24) is 4.90 Å². The number of rotatable bonds is 4. The predicted molar refractivity (Wildman–Crippen MR) is 89.8 cm³/mol. The molecule has 0 aromatic heterocycles. The van der Waals surface area contributed by atoms with Crippen LogP contribution in [0.15, 0.2) is 27.1 Å². The fraction of sp³-hybridized carbons (Fsp3) is 0.600. The minimum atomic E-state index is 0.592. The standard InChI is InChI=1S/C15H22Br2N2/c1-11(2)10-19-7-5-13(6-8-19)18-15-9-12(16)3-4-14(15)17/h3-4,9,11,13,18H,5-8,10H2,1-2H3. The Morgan fingerprint density at radius 3 is 2.58 bits per heavy atom. The first-order valence-corrected chi connectivity index (χ1v) is 8.57. The zero-order valence-corrected chi connectivity index (χ0v) is 14.8. The number of benzene rings is 1. The van der Waals surface area contributed by atoms with E-state index in [1.807, 2.05) is 0 Å². The van der Waals surface area contributed by atoms with Gasteiger partial charge in [0.25, 0.3) is 0 Å². The molecule has 1 aliphatic rings. The Bertz CT molecular complexity index is 413. The van der Waals surface area contributed by atoms with Gasteiger partial charge in [0, 0.05) is 40.3 Å². The van der Waals surface area contributed by atoms with Crippen molar-refractivity contribution >= 4 is 37.5 Å². The highest BCUT2D eigenvalue weighted by Gasteiger charge is 2.19. The second kappa shape index (κ2) is 7.09. The summed E-state index contributed by atoms with van der Waals surface area (Å²) in [4.78, 5) is 2.58. The SMILES string of the molecule is CC(C)CN1CCC(Nc2cc(Br)ccc2Br)CC1. The van der Waals surface area contributed by atoms with Crippen molar-refractivity contribution in [2.24, 2.45) is 5.92 Å². The molecule has 1 N–H and O–H groups in total. The Hall–Kier alpha value is -0.0600. The lowest BCUT2D eigenvalue weighted by molar-refractivity contribution is 0.198. The van der Waals surface area contributed by atoms with E-state index < -0.39 is 0 Å². The van der Waals surface area contributed by atoms with Gasteiger partial charge in [0.2, 0.25) is 0 Å². The van der Waals surface area contributed by atoms with Crippen molar-refractivity contribution in [2.75, 3.05) is 25.0 Å². The van der Waals surface area contributed by atoms with Gasteiger partial charge in [0.15, 0.2) is 0 Å². The second-order valence-electron chi connectivity index (χ2n) is 5.74. The van der Waals surface area contributed by atoms with Crippen LogP contribution in [-0.2, 0) is 0 Å². The van der Waals surface area contributed by atoms with E-state index in [9.17, 15) is 0 Å². The monoisotopic (exact) mass is 388 g/mol. The summed E-state index contributed by atoms with van der Waals surface area (Å²) in [6.45, 7) is 8.24. The van der Waals surface area contributed by atoms with Crippen molar-refractivity contribution in [2.45, 2.75) is 32.7 Å². The maximum Gasteiger partial charge on any atom is 0.0498 e. The van der Waals surface area contributed by atoms with Crippen LogP contribution in [0.1, 0.15) is 26.7 Å². The van der Waals surface area contributed by atoms with E-state index >= 15 is 0 Å². The molecule has 0 saturated carbocycles. The molecule has 1 saturated heterocycles. The van der Waals surface area contributed by atoms with E-state index in [0.29, 0.717) is 6.04 Å². The molecule has 0 radical (unpaired) electrons. The van der Waals surface area contributed by atoms with Gasteiger partial charge in [-0.05, 0) is 52.9 Å². The summed E-state index contributed by atoms with van der Waals surface area (Å²) in [7, 11) is 0. The van der Waals surface area contributed by atoms with Gasteiger partial charge in [-0.1, -0.05) is 29.8 Å². The zero-order valence-electron chi connectivity index (χ0n) is 11.6. The number of halogens is 2. The topological polar surface area (TPSA) is 15.3 Å². The van der Waals surface area contributed by atoms with Gasteiger partial charge in [-0.2, -0.15) is 0 Å². The Morgan fingerprint density at radius 1 is 1.26 bits per heavy atom. The Labute approximate surface area is 133 Å².